The second kappa shape index (κ2) is 5.07. The van der Waals surface area contributed by atoms with Crippen molar-refractivity contribution in [2.75, 3.05) is 0 Å². The molecular formula is C17H22F2. The van der Waals surface area contributed by atoms with E-state index < -0.39 is 17.0 Å². The van der Waals surface area contributed by atoms with Crippen molar-refractivity contribution in [2.45, 2.75) is 46.0 Å². The van der Waals surface area contributed by atoms with Gasteiger partial charge >= 0.3 is 0 Å². The summed E-state index contributed by atoms with van der Waals surface area (Å²) in [6.07, 6.45) is 4.08. The molecule has 104 valence electrons. The zero-order chi connectivity index (χ0) is 14.2. The van der Waals surface area contributed by atoms with Crippen LogP contribution in [0.5, 0.6) is 0 Å². The number of allylic oxidation sites excluding steroid dienone is 2. The fourth-order valence-corrected chi connectivity index (χ4v) is 3.67. The molecular weight excluding hydrogens is 242 g/mol. The van der Waals surface area contributed by atoms with Gasteiger partial charge in [0.25, 0.3) is 0 Å². The minimum absolute atomic E-state index is 0.229. The van der Waals surface area contributed by atoms with E-state index in [1.54, 1.807) is 0 Å². The molecule has 0 amide bonds. The quantitative estimate of drug-likeness (QED) is 0.641. The Morgan fingerprint density at radius 1 is 1.21 bits per heavy atom. The molecule has 0 fully saturated rings. The van der Waals surface area contributed by atoms with Gasteiger partial charge in [-0.2, -0.15) is 0 Å². The molecule has 1 aliphatic carbocycles. The van der Waals surface area contributed by atoms with E-state index in [1.165, 1.54) is 23.8 Å². The summed E-state index contributed by atoms with van der Waals surface area (Å²) < 4.78 is 28.3. The Kier molecular flexibility index (Phi) is 3.80. The highest BCUT2D eigenvalue weighted by Crippen LogP contribution is 2.46. The van der Waals surface area contributed by atoms with Crippen LogP contribution < -0.4 is 0 Å². The lowest BCUT2D eigenvalue weighted by atomic mass is 9.62. The Labute approximate surface area is 114 Å². The highest BCUT2D eigenvalue weighted by molar-refractivity contribution is 5.36. The van der Waals surface area contributed by atoms with Crippen molar-refractivity contribution < 1.29 is 8.78 Å². The van der Waals surface area contributed by atoms with Crippen LogP contribution in [-0.2, 0) is 5.41 Å². The molecule has 1 aromatic carbocycles. The lowest BCUT2D eigenvalue weighted by Gasteiger charge is -2.42. The molecule has 0 N–H and O–H groups in total. The largest absolute Gasteiger partial charge is 0.207 e. The van der Waals surface area contributed by atoms with Gasteiger partial charge < -0.3 is 0 Å². The molecule has 0 saturated carbocycles. The summed E-state index contributed by atoms with van der Waals surface area (Å²) >= 11 is 0. The van der Waals surface area contributed by atoms with Gasteiger partial charge in [0.15, 0.2) is 0 Å². The summed E-state index contributed by atoms with van der Waals surface area (Å²) in [7, 11) is 0. The minimum atomic E-state index is -0.550. The van der Waals surface area contributed by atoms with Gasteiger partial charge in [-0.25, -0.2) is 8.78 Å². The normalized spacial score (nSPS) is 27.5. The van der Waals surface area contributed by atoms with Gasteiger partial charge in [-0.15, -0.1) is 0 Å². The first-order valence-corrected chi connectivity index (χ1v) is 6.99. The molecule has 0 aromatic heterocycles. The van der Waals surface area contributed by atoms with E-state index in [4.69, 9.17) is 0 Å². The van der Waals surface area contributed by atoms with Gasteiger partial charge in [-0.3, -0.25) is 0 Å². The molecule has 1 unspecified atom stereocenters. The first-order valence-electron chi connectivity index (χ1n) is 6.99. The zero-order valence-corrected chi connectivity index (χ0v) is 12.1. The van der Waals surface area contributed by atoms with Crippen molar-refractivity contribution in [1.82, 2.24) is 0 Å². The van der Waals surface area contributed by atoms with Crippen molar-refractivity contribution >= 4 is 0 Å². The first kappa shape index (κ1) is 14.2. The molecule has 19 heavy (non-hydrogen) atoms. The van der Waals surface area contributed by atoms with Gasteiger partial charge in [0.1, 0.15) is 11.6 Å². The van der Waals surface area contributed by atoms with Gasteiger partial charge in [-0.05, 0) is 43.7 Å². The van der Waals surface area contributed by atoms with Crippen LogP contribution in [0, 0.1) is 23.5 Å². The SMILES string of the molecule is CC1=C[C@](C)(c2c(F)cccc2F)C(C(C)C)CC1. The van der Waals surface area contributed by atoms with Crippen molar-refractivity contribution in [3.8, 4) is 0 Å². The van der Waals surface area contributed by atoms with Crippen LogP contribution in [0.4, 0.5) is 8.78 Å². The second-order valence-electron chi connectivity index (χ2n) is 6.26. The molecule has 1 aliphatic rings. The summed E-state index contributed by atoms with van der Waals surface area (Å²) in [5.74, 6) is -0.200. The molecule has 2 heteroatoms. The molecule has 2 atom stereocenters. The average Bonchev–Trinajstić information content (AvgIpc) is 2.27. The maximum atomic E-state index is 14.2. The van der Waals surface area contributed by atoms with Crippen LogP contribution in [0.25, 0.3) is 0 Å². The fourth-order valence-electron chi connectivity index (χ4n) is 3.67. The van der Waals surface area contributed by atoms with Gasteiger partial charge in [0.2, 0.25) is 0 Å². The lowest BCUT2D eigenvalue weighted by molar-refractivity contribution is 0.226. The van der Waals surface area contributed by atoms with Crippen LogP contribution in [0.15, 0.2) is 29.8 Å². The maximum Gasteiger partial charge on any atom is 0.130 e. The molecule has 0 heterocycles. The van der Waals surface area contributed by atoms with Gasteiger partial charge in [0.05, 0.1) is 0 Å². The monoisotopic (exact) mass is 264 g/mol. The number of hydrogen-bond donors (Lipinski definition) is 0. The standard InChI is InChI=1S/C17H22F2/c1-11(2)13-9-8-12(3)10-17(13,4)16-14(18)6-5-7-15(16)19/h5-7,10-11,13H,8-9H2,1-4H3/t13?,17-/m0/s1. The van der Waals surface area contributed by atoms with E-state index in [0.29, 0.717) is 5.92 Å². The molecule has 0 radical (unpaired) electrons. The van der Waals surface area contributed by atoms with Crippen LogP contribution >= 0.6 is 0 Å². The van der Waals surface area contributed by atoms with E-state index in [-0.39, 0.29) is 11.5 Å². The van der Waals surface area contributed by atoms with Crippen molar-refractivity contribution in [3.63, 3.8) is 0 Å². The highest BCUT2D eigenvalue weighted by Gasteiger charge is 2.41. The Morgan fingerprint density at radius 2 is 1.79 bits per heavy atom. The smallest absolute Gasteiger partial charge is 0.130 e. The van der Waals surface area contributed by atoms with E-state index in [9.17, 15) is 8.78 Å². The van der Waals surface area contributed by atoms with E-state index in [2.05, 4.69) is 19.9 Å². The third kappa shape index (κ3) is 2.45. The van der Waals surface area contributed by atoms with Crippen molar-refractivity contribution in [2.24, 2.45) is 11.8 Å². The number of rotatable bonds is 2. The Morgan fingerprint density at radius 3 is 2.32 bits per heavy atom. The molecule has 2 rings (SSSR count). The fraction of sp³-hybridized carbons (Fsp3) is 0.529. The van der Waals surface area contributed by atoms with Crippen LogP contribution in [0.1, 0.15) is 46.1 Å². The molecule has 0 bridgehead atoms. The van der Waals surface area contributed by atoms with Gasteiger partial charge in [0, 0.05) is 11.0 Å². The zero-order valence-electron chi connectivity index (χ0n) is 12.1. The van der Waals surface area contributed by atoms with E-state index >= 15 is 0 Å². The van der Waals surface area contributed by atoms with Crippen molar-refractivity contribution in [3.05, 3.63) is 47.0 Å². The van der Waals surface area contributed by atoms with Gasteiger partial charge in [-0.1, -0.05) is 38.5 Å². The summed E-state index contributed by atoms with van der Waals surface area (Å²) in [6, 6.07) is 4.15. The summed E-state index contributed by atoms with van der Waals surface area (Å²) in [5, 5.41) is 0. The van der Waals surface area contributed by atoms with Crippen molar-refractivity contribution in [1.29, 1.82) is 0 Å². The third-order valence-corrected chi connectivity index (χ3v) is 4.47. The summed E-state index contributed by atoms with van der Waals surface area (Å²) in [5.41, 5.74) is 0.904. The second-order valence-corrected chi connectivity index (χ2v) is 6.26. The molecule has 0 saturated heterocycles. The predicted octanol–water partition coefficient (Wildman–Crippen LogP) is 5.23. The number of hydrogen-bond acceptors (Lipinski definition) is 0. The highest BCUT2D eigenvalue weighted by atomic mass is 19.1. The maximum absolute atomic E-state index is 14.2. The predicted molar refractivity (Wildman–Crippen MR) is 75.0 cm³/mol. The van der Waals surface area contributed by atoms with Crippen LogP contribution in [0.3, 0.4) is 0 Å². The average molecular weight is 264 g/mol. The number of benzene rings is 1. The van der Waals surface area contributed by atoms with Crippen LogP contribution in [-0.4, -0.2) is 0 Å². The Balaban J connectivity index is 2.63. The topological polar surface area (TPSA) is 0 Å². The van der Waals surface area contributed by atoms with E-state index in [0.717, 1.165) is 12.8 Å². The molecule has 1 aromatic rings. The molecule has 0 aliphatic heterocycles. The lowest BCUT2D eigenvalue weighted by Crippen LogP contribution is -2.38. The summed E-state index contributed by atoms with van der Waals surface area (Å²) in [6.45, 7) is 8.29. The minimum Gasteiger partial charge on any atom is -0.207 e. The van der Waals surface area contributed by atoms with E-state index in [1.807, 2.05) is 13.8 Å². The molecule has 0 nitrogen and oxygen atoms in total. The first-order chi connectivity index (χ1) is 8.86. The summed E-state index contributed by atoms with van der Waals surface area (Å²) in [4.78, 5) is 0. The Bertz CT molecular complexity index is 482. The molecule has 0 spiro atoms. The number of halogens is 2. The third-order valence-electron chi connectivity index (χ3n) is 4.47. The van der Waals surface area contributed by atoms with Crippen LogP contribution in [0.2, 0.25) is 0 Å². The Hall–Kier alpha value is -1.18.